The van der Waals surface area contributed by atoms with E-state index in [2.05, 4.69) is 19.2 Å². The van der Waals surface area contributed by atoms with Gasteiger partial charge in [-0.3, -0.25) is 57.7 Å². The number of ether oxygens (including phenoxy) is 1. The number of carbonyl (C=O) groups excluding carboxylic acids is 10. The maximum atomic E-state index is 15.0. The molecule has 0 aliphatic carbocycles. The van der Waals surface area contributed by atoms with E-state index >= 15 is 0 Å². The van der Waals surface area contributed by atoms with Gasteiger partial charge in [0.15, 0.2) is 17.7 Å². The lowest BCUT2D eigenvalue weighted by Crippen LogP contribution is -2.57. The summed E-state index contributed by atoms with van der Waals surface area (Å²) in [6.07, 6.45) is 4.89. The number of thiazole rings is 1. The highest BCUT2D eigenvalue weighted by molar-refractivity contribution is 8.01. The first-order valence-electron chi connectivity index (χ1n) is 30.6. The second kappa shape index (κ2) is 35.2. The number of benzene rings is 1. The molecule has 0 bridgehead atoms. The van der Waals surface area contributed by atoms with Crippen LogP contribution in [0.4, 0.5) is 0 Å². The Kier molecular flexibility index (Phi) is 28.9. The van der Waals surface area contributed by atoms with Gasteiger partial charge in [-0.15, -0.1) is 34.4 Å². The summed E-state index contributed by atoms with van der Waals surface area (Å²) in [5, 5.41) is 6.84. The Bertz CT molecular complexity index is 2800. The van der Waals surface area contributed by atoms with Crippen LogP contribution in [0.25, 0.3) is 0 Å². The first-order valence-corrected chi connectivity index (χ1v) is 33.3. The zero-order valence-electron chi connectivity index (χ0n) is 52.8. The van der Waals surface area contributed by atoms with Crippen molar-refractivity contribution in [2.24, 2.45) is 35.3 Å². The van der Waals surface area contributed by atoms with E-state index in [4.69, 9.17) is 15.5 Å². The van der Waals surface area contributed by atoms with Gasteiger partial charge in [-0.1, -0.05) is 97.2 Å². The highest BCUT2D eigenvalue weighted by Crippen LogP contribution is 2.34. The number of nitrogens with one attached hydrogen (secondary N) is 1. The van der Waals surface area contributed by atoms with Crippen LogP contribution in [0.1, 0.15) is 140 Å². The van der Waals surface area contributed by atoms with Crippen molar-refractivity contribution in [1.29, 1.82) is 0 Å². The van der Waals surface area contributed by atoms with Crippen molar-refractivity contribution in [2.75, 3.05) is 73.2 Å². The Morgan fingerprint density at radius 2 is 1.45 bits per heavy atom. The molecular formula is C64H93N9O11S3. The lowest BCUT2D eigenvalue weighted by atomic mass is 9.82. The zero-order valence-corrected chi connectivity index (χ0v) is 55.2. The summed E-state index contributed by atoms with van der Waals surface area (Å²) in [6, 6.07) is 10.2. The predicted octanol–water partition coefficient (Wildman–Crippen LogP) is 7.32. The second-order valence-electron chi connectivity index (χ2n) is 23.7. The molecule has 1 saturated heterocycles. The number of aromatic nitrogens is 1. The number of nitrogens with zero attached hydrogens (tertiary/aromatic N) is 7. The predicted molar refractivity (Wildman–Crippen MR) is 339 cm³/mol. The van der Waals surface area contributed by atoms with Crippen molar-refractivity contribution < 1.29 is 52.7 Å². The average molecular weight is 1260 g/mol. The molecule has 1 aromatic carbocycles. The minimum absolute atomic E-state index is 0.0154. The van der Waals surface area contributed by atoms with Crippen LogP contribution in [0, 0.1) is 29.6 Å². The molecule has 87 heavy (non-hydrogen) atoms. The lowest BCUT2D eigenvalue weighted by molar-refractivity contribution is -0.150. The summed E-state index contributed by atoms with van der Waals surface area (Å²) in [5.74, 6) is -4.94. The number of piperazine rings is 1. The van der Waals surface area contributed by atoms with Crippen molar-refractivity contribution in [1.82, 2.24) is 39.7 Å². The van der Waals surface area contributed by atoms with Crippen molar-refractivity contribution >= 4 is 93.3 Å². The Balaban J connectivity index is 1.35. The summed E-state index contributed by atoms with van der Waals surface area (Å²) in [6.45, 7) is 14.8. The van der Waals surface area contributed by atoms with E-state index in [1.54, 1.807) is 27.1 Å². The van der Waals surface area contributed by atoms with Gasteiger partial charge in [-0.2, -0.15) is 0 Å². The van der Waals surface area contributed by atoms with Crippen molar-refractivity contribution in [2.45, 2.75) is 154 Å². The first kappa shape index (κ1) is 71.6. The van der Waals surface area contributed by atoms with Gasteiger partial charge in [0.05, 0.1) is 16.3 Å². The van der Waals surface area contributed by atoms with Crippen LogP contribution in [0.2, 0.25) is 0 Å². The molecule has 2 aliphatic heterocycles. The molecule has 0 spiro atoms. The molecular weight excluding hydrogens is 1170 g/mol. The molecule has 2 aromatic heterocycles. The molecule has 7 amide bonds. The Labute approximate surface area is 526 Å². The normalized spacial score (nSPS) is 16.6. The van der Waals surface area contributed by atoms with Crippen LogP contribution in [-0.2, 0) is 54.3 Å². The van der Waals surface area contributed by atoms with Gasteiger partial charge in [-0.05, 0) is 74.7 Å². The molecule has 9 atom stereocenters. The van der Waals surface area contributed by atoms with Crippen LogP contribution in [0.5, 0.6) is 0 Å². The number of unbranched alkanes of at least 4 members (excludes halogenated alkanes) is 1. The largest absolute Gasteiger partial charge is 0.455 e. The SMILES string of the molecule is CCC(C)[C@H](C(=O)CC(C(=O)N(C)[C@H](C[C@@H](OC(C)=O)c1nc(C(=O)N(C)[C@@H](CSc2cccs2)C(=O)C[C@H](CCCCN)C(=O)N[C@@H](Cc2ccccc2)C(=O)N2CCN(C(=O)CCCN3C(=O)C=CC3=O)CC2)cs1)C(C)C)[C@@H](C)CC)N(C)C. The number of thioether (sulfide) groups is 1. The number of amides is 7. The number of hydrogen-bond acceptors (Lipinski definition) is 17. The third kappa shape index (κ3) is 20.7. The number of carbonyl (C=O) groups is 10. The molecule has 3 N–H and O–H groups in total. The van der Waals surface area contributed by atoms with Crippen LogP contribution in [0.3, 0.4) is 0 Å². The summed E-state index contributed by atoms with van der Waals surface area (Å²) < 4.78 is 6.86. The topological polar surface area (TPSA) is 250 Å². The van der Waals surface area contributed by atoms with E-state index in [1.165, 1.54) is 54.1 Å². The van der Waals surface area contributed by atoms with Gasteiger partial charge < -0.3 is 35.4 Å². The minimum Gasteiger partial charge on any atom is -0.455 e. The smallest absolute Gasteiger partial charge is 0.303 e. The third-order valence-electron chi connectivity index (χ3n) is 16.9. The molecule has 5 rings (SSSR count). The molecule has 23 heteroatoms. The number of nitrogens with two attached hydrogens (primary N) is 1. The van der Waals surface area contributed by atoms with E-state index in [0.29, 0.717) is 37.2 Å². The molecule has 2 aliphatic rings. The van der Waals surface area contributed by atoms with Gasteiger partial charge in [0.2, 0.25) is 23.6 Å². The number of hydrogen-bond donors (Lipinski definition) is 2. The number of thiophene rings is 1. The fourth-order valence-corrected chi connectivity index (χ4v) is 14.2. The van der Waals surface area contributed by atoms with Gasteiger partial charge in [0.1, 0.15) is 16.7 Å². The summed E-state index contributed by atoms with van der Waals surface area (Å²) >= 11 is 4.02. The molecule has 2 unspecified atom stereocenters. The van der Waals surface area contributed by atoms with Crippen LogP contribution in [-0.4, -0.2) is 191 Å². The van der Waals surface area contributed by atoms with E-state index in [1.807, 2.05) is 94.5 Å². The molecule has 1 fully saturated rings. The average Bonchev–Trinajstić information content (AvgIpc) is 3.15. The number of imide groups is 1. The van der Waals surface area contributed by atoms with Crippen molar-refractivity contribution in [3.05, 3.63) is 81.6 Å². The van der Waals surface area contributed by atoms with Crippen molar-refractivity contribution in [3.63, 3.8) is 0 Å². The Morgan fingerprint density at radius 3 is 2.03 bits per heavy atom. The van der Waals surface area contributed by atoms with Gasteiger partial charge >= 0.3 is 5.97 Å². The van der Waals surface area contributed by atoms with E-state index in [0.717, 1.165) is 32.4 Å². The van der Waals surface area contributed by atoms with Gasteiger partial charge in [0, 0.05) is 127 Å². The number of esters is 1. The third-order valence-corrected chi connectivity index (χ3v) is 20.1. The minimum atomic E-state index is -1.04. The summed E-state index contributed by atoms with van der Waals surface area (Å²) in [5.41, 5.74) is 6.75. The monoisotopic (exact) mass is 1260 g/mol. The molecule has 0 saturated carbocycles. The standard InChI is InChI=1S/C64H93N9O11S3/c1-12-42(5)47(37-53(76)59(68(8)9)43(6)13-2)62(81)69(10)50(41(3)4)38-54(84-44(7)74)61-67-49(39-87-61)63(82)70(11)51(40-86-58-25-20-34-85-58)52(75)36-46(23-17-18-28-65)60(80)66-48(35-45-21-15-14-16-22-45)64(83)72-32-30-71(31-33-72)55(77)24-19-29-73-56(78)26-27-57(73)79/h14-16,20-22,25-27,34,39,41-43,46-48,50-51,54,59H,12-13,17-19,23-24,28-33,35-38,40,65H2,1-11H3,(H,66,80)/t42-,43?,46-,47?,48-,50+,51-,54+,59+/m0/s1. The number of rotatable bonds is 36. The van der Waals surface area contributed by atoms with Gasteiger partial charge in [0.25, 0.3) is 17.7 Å². The molecule has 20 nitrogen and oxygen atoms in total. The molecule has 0 radical (unpaired) electrons. The number of likely N-dealkylation sites (N-methyl/N-ethyl adjacent to an activating group) is 2. The maximum Gasteiger partial charge on any atom is 0.303 e. The van der Waals surface area contributed by atoms with E-state index in [-0.39, 0.29) is 136 Å². The quantitative estimate of drug-likeness (QED) is 0.0250. The maximum absolute atomic E-state index is 15.0. The number of Topliss-reactive ketones (excluding diaryl/α,β-unsaturated/α-hetero) is 2. The Hall–Kier alpha value is -6.14. The summed E-state index contributed by atoms with van der Waals surface area (Å²) in [4.78, 5) is 152. The fraction of sp³-hybridized carbons (Fsp3) is 0.609. The van der Waals surface area contributed by atoms with Crippen molar-refractivity contribution in [3.8, 4) is 0 Å². The Morgan fingerprint density at radius 1 is 0.793 bits per heavy atom. The molecule has 3 aromatic rings. The lowest BCUT2D eigenvalue weighted by Gasteiger charge is -2.37. The fourth-order valence-electron chi connectivity index (χ4n) is 11.4. The van der Waals surface area contributed by atoms with E-state index < -0.39 is 65.7 Å². The van der Waals surface area contributed by atoms with E-state index in [9.17, 15) is 47.9 Å². The first-order chi connectivity index (χ1) is 41.4. The van der Waals surface area contributed by atoms with Gasteiger partial charge in [-0.25, -0.2) is 4.98 Å². The summed E-state index contributed by atoms with van der Waals surface area (Å²) in [7, 11) is 7.04. The zero-order chi connectivity index (χ0) is 64.1. The second-order valence-corrected chi connectivity index (χ2v) is 26.8. The van der Waals surface area contributed by atoms with Crippen LogP contribution < -0.4 is 11.1 Å². The van der Waals surface area contributed by atoms with Crippen LogP contribution in [0.15, 0.2) is 69.6 Å². The molecule has 4 heterocycles. The number of ketones is 2. The molecule has 478 valence electrons. The highest BCUT2D eigenvalue weighted by Gasteiger charge is 2.40. The van der Waals surface area contributed by atoms with Crippen LogP contribution >= 0.6 is 34.4 Å². The highest BCUT2D eigenvalue weighted by atomic mass is 32.2.